The molecule has 1 spiro atoms. The van der Waals surface area contributed by atoms with Crippen LogP contribution >= 0.6 is 15.9 Å². The van der Waals surface area contributed by atoms with E-state index in [0.29, 0.717) is 31.5 Å². The van der Waals surface area contributed by atoms with Crippen molar-refractivity contribution in [3.63, 3.8) is 0 Å². The quantitative estimate of drug-likeness (QED) is 0.151. The third-order valence-corrected chi connectivity index (χ3v) is 9.03. The molecule has 1 aromatic rings. The SMILES string of the molecule is C=CCCOC(=O)[C@H]1[C@@H]2OC3(CC2Br)C(C(=O)N(CC=C)CCCCC)N([C@H](CO)c2ccccc2)C(=O)[C@H]13. The van der Waals surface area contributed by atoms with Crippen LogP contribution in [0.3, 0.4) is 0 Å². The van der Waals surface area contributed by atoms with Gasteiger partial charge in [0.25, 0.3) is 0 Å². The molecule has 3 aliphatic rings. The molecule has 2 bridgehead atoms. The highest BCUT2D eigenvalue weighted by atomic mass is 79.9. The lowest BCUT2D eigenvalue weighted by Crippen LogP contribution is -2.57. The molecule has 3 saturated heterocycles. The van der Waals surface area contributed by atoms with Gasteiger partial charge in [-0.1, -0.05) is 78.2 Å². The lowest BCUT2D eigenvalue weighted by molar-refractivity contribution is -0.156. The smallest absolute Gasteiger partial charge is 0.312 e. The number of hydrogen-bond acceptors (Lipinski definition) is 6. The summed E-state index contributed by atoms with van der Waals surface area (Å²) < 4.78 is 12.1. The van der Waals surface area contributed by atoms with Crippen LogP contribution in [0.5, 0.6) is 0 Å². The molecule has 3 heterocycles. The molecule has 0 radical (unpaired) electrons. The number of aliphatic hydroxyl groups excluding tert-OH is 1. The number of amides is 2. The number of carbonyl (C=O) groups is 3. The molecule has 3 fully saturated rings. The van der Waals surface area contributed by atoms with Gasteiger partial charge in [-0.2, -0.15) is 0 Å². The van der Waals surface area contributed by atoms with Gasteiger partial charge >= 0.3 is 5.97 Å². The van der Waals surface area contributed by atoms with Crippen molar-refractivity contribution in [1.29, 1.82) is 0 Å². The Morgan fingerprint density at radius 2 is 2.03 bits per heavy atom. The Bertz CT molecular complexity index is 1070. The van der Waals surface area contributed by atoms with E-state index >= 15 is 0 Å². The van der Waals surface area contributed by atoms with E-state index in [1.807, 2.05) is 30.3 Å². The highest BCUT2D eigenvalue weighted by Crippen LogP contribution is 2.61. The molecule has 3 aliphatic heterocycles. The predicted molar refractivity (Wildman–Crippen MR) is 151 cm³/mol. The standard InChI is InChI=1S/C30H39BrN2O6/c1-4-7-12-16-32(15-6-3)28(36)26-30-18-21(31)25(39-30)23(29(37)38-17-8-5-2)24(30)27(35)33(26)22(19-34)20-13-10-9-11-14-20/h5-6,9-11,13-14,21-26,34H,2-4,7-8,12,15-19H2,1H3/t21?,22-,23-,24+,25-,26?,30?/m1/s1. The molecule has 39 heavy (non-hydrogen) atoms. The number of unbranched alkanes of at least 4 members (excludes halogenated alkanes) is 2. The number of fused-ring (bicyclic) bond motifs is 1. The first kappa shape index (κ1) is 29.5. The second-order valence-corrected chi connectivity index (χ2v) is 11.7. The van der Waals surface area contributed by atoms with Crippen LogP contribution in [0.25, 0.3) is 0 Å². The molecule has 9 heteroatoms. The van der Waals surface area contributed by atoms with Crippen LogP contribution in [0.15, 0.2) is 55.6 Å². The topological polar surface area (TPSA) is 96.4 Å². The number of esters is 1. The number of benzene rings is 1. The van der Waals surface area contributed by atoms with Crippen molar-refractivity contribution in [3.8, 4) is 0 Å². The van der Waals surface area contributed by atoms with Crippen molar-refractivity contribution in [2.45, 2.75) is 67.6 Å². The van der Waals surface area contributed by atoms with Crippen LogP contribution in [-0.2, 0) is 23.9 Å². The number of rotatable bonds is 14. The van der Waals surface area contributed by atoms with Gasteiger partial charge < -0.3 is 24.4 Å². The van der Waals surface area contributed by atoms with Crippen LogP contribution in [0.4, 0.5) is 0 Å². The van der Waals surface area contributed by atoms with Gasteiger partial charge in [-0.3, -0.25) is 14.4 Å². The van der Waals surface area contributed by atoms with Crippen molar-refractivity contribution in [3.05, 3.63) is 61.2 Å². The molecule has 0 saturated carbocycles. The van der Waals surface area contributed by atoms with Crippen LogP contribution in [0.1, 0.15) is 50.6 Å². The van der Waals surface area contributed by atoms with Gasteiger partial charge in [0.05, 0.1) is 37.2 Å². The Kier molecular flexibility index (Phi) is 9.67. The largest absolute Gasteiger partial charge is 0.465 e. The fraction of sp³-hybridized carbons (Fsp3) is 0.567. The van der Waals surface area contributed by atoms with Gasteiger partial charge in [0, 0.05) is 17.9 Å². The van der Waals surface area contributed by atoms with Crippen molar-refractivity contribution in [1.82, 2.24) is 9.80 Å². The summed E-state index contributed by atoms with van der Waals surface area (Å²) in [5.74, 6) is -2.87. The highest BCUT2D eigenvalue weighted by molar-refractivity contribution is 9.09. The van der Waals surface area contributed by atoms with Gasteiger partial charge in [0.1, 0.15) is 11.6 Å². The third kappa shape index (κ3) is 5.33. The van der Waals surface area contributed by atoms with Gasteiger partial charge in [-0.05, 0) is 24.8 Å². The summed E-state index contributed by atoms with van der Waals surface area (Å²) >= 11 is 3.68. The molecule has 7 atom stereocenters. The van der Waals surface area contributed by atoms with Gasteiger partial charge in [-0.25, -0.2) is 0 Å². The first-order chi connectivity index (χ1) is 18.9. The Balaban J connectivity index is 1.79. The van der Waals surface area contributed by atoms with E-state index in [-0.39, 0.29) is 29.9 Å². The second kappa shape index (κ2) is 12.8. The molecule has 0 aromatic heterocycles. The van der Waals surface area contributed by atoms with Crippen LogP contribution < -0.4 is 0 Å². The maximum Gasteiger partial charge on any atom is 0.312 e. The Labute approximate surface area is 239 Å². The second-order valence-electron chi connectivity index (χ2n) is 10.5. The van der Waals surface area contributed by atoms with E-state index in [2.05, 4.69) is 36.0 Å². The van der Waals surface area contributed by atoms with Crippen molar-refractivity contribution < 1.29 is 29.0 Å². The third-order valence-electron chi connectivity index (χ3n) is 8.19. The van der Waals surface area contributed by atoms with Gasteiger partial charge in [0.15, 0.2) is 0 Å². The Morgan fingerprint density at radius 1 is 1.28 bits per heavy atom. The molecule has 212 valence electrons. The molecule has 0 aliphatic carbocycles. The fourth-order valence-electron chi connectivity index (χ4n) is 6.49. The summed E-state index contributed by atoms with van der Waals surface area (Å²) in [4.78, 5) is 45.1. The minimum absolute atomic E-state index is 0.159. The van der Waals surface area contributed by atoms with Crippen molar-refractivity contribution >= 4 is 33.7 Å². The zero-order chi connectivity index (χ0) is 28.2. The number of likely N-dealkylation sites (tertiary alicyclic amines) is 1. The molecule has 2 amide bonds. The number of hydrogen-bond donors (Lipinski definition) is 1. The molecule has 8 nitrogen and oxygen atoms in total. The average molecular weight is 604 g/mol. The molecular weight excluding hydrogens is 564 g/mol. The number of aliphatic hydroxyl groups is 1. The van der Waals surface area contributed by atoms with Gasteiger partial charge in [0.2, 0.25) is 11.8 Å². The summed E-state index contributed by atoms with van der Waals surface area (Å²) in [7, 11) is 0. The summed E-state index contributed by atoms with van der Waals surface area (Å²) in [6, 6.07) is 7.40. The zero-order valence-electron chi connectivity index (χ0n) is 22.5. The summed E-state index contributed by atoms with van der Waals surface area (Å²) in [5, 5.41) is 10.6. The molecule has 4 rings (SSSR count). The average Bonchev–Trinajstić information content (AvgIpc) is 3.53. The predicted octanol–water partition coefficient (Wildman–Crippen LogP) is 3.79. The number of carbonyl (C=O) groups excluding carboxylic acids is 3. The van der Waals surface area contributed by atoms with E-state index in [4.69, 9.17) is 9.47 Å². The van der Waals surface area contributed by atoms with Crippen molar-refractivity contribution in [2.75, 3.05) is 26.3 Å². The van der Waals surface area contributed by atoms with Gasteiger partial charge in [-0.15, -0.1) is 13.2 Å². The zero-order valence-corrected chi connectivity index (χ0v) is 24.1. The first-order valence-electron chi connectivity index (χ1n) is 13.8. The van der Waals surface area contributed by atoms with Crippen LogP contribution in [0.2, 0.25) is 0 Å². The maximum absolute atomic E-state index is 14.4. The highest BCUT2D eigenvalue weighted by Gasteiger charge is 2.77. The van der Waals surface area contributed by atoms with E-state index in [9.17, 15) is 19.5 Å². The molecule has 3 unspecified atom stereocenters. The summed E-state index contributed by atoms with van der Waals surface area (Å²) in [5.41, 5.74) is -0.513. The molecule has 1 aromatic carbocycles. The fourth-order valence-corrected chi connectivity index (χ4v) is 7.44. The number of alkyl halides is 1. The van der Waals surface area contributed by atoms with Crippen molar-refractivity contribution in [2.24, 2.45) is 11.8 Å². The molecule has 1 N–H and O–H groups in total. The lowest BCUT2D eigenvalue weighted by Gasteiger charge is -2.39. The van der Waals surface area contributed by atoms with Crippen LogP contribution in [-0.4, -0.2) is 81.6 Å². The van der Waals surface area contributed by atoms with E-state index in [1.165, 1.54) is 4.90 Å². The minimum Gasteiger partial charge on any atom is -0.465 e. The number of nitrogens with zero attached hydrogens (tertiary/aromatic N) is 2. The number of halogens is 1. The monoisotopic (exact) mass is 602 g/mol. The van der Waals surface area contributed by atoms with Crippen LogP contribution in [0, 0.1) is 11.8 Å². The molecular formula is C30H39BrN2O6. The lowest BCUT2D eigenvalue weighted by atomic mass is 9.70. The Hall–Kier alpha value is -2.49. The first-order valence-corrected chi connectivity index (χ1v) is 14.7. The number of ether oxygens (including phenoxy) is 2. The maximum atomic E-state index is 14.4. The van der Waals surface area contributed by atoms with E-state index in [1.54, 1.807) is 17.1 Å². The summed E-state index contributed by atoms with van der Waals surface area (Å²) in [6.45, 7) is 10.2. The van der Waals surface area contributed by atoms with E-state index in [0.717, 1.165) is 19.3 Å². The van der Waals surface area contributed by atoms with E-state index < -0.39 is 41.6 Å². The summed E-state index contributed by atoms with van der Waals surface area (Å²) in [6.07, 6.45) is 6.42. The normalized spacial score (nSPS) is 29.7. The Morgan fingerprint density at radius 3 is 2.67 bits per heavy atom. The minimum atomic E-state index is -1.22.